The van der Waals surface area contributed by atoms with Gasteiger partial charge in [0, 0.05) is 11.6 Å². The molecule has 1 aromatic rings. The maximum absolute atomic E-state index is 12.9. The Balaban J connectivity index is 2.86. The van der Waals surface area contributed by atoms with Gasteiger partial charge in [-0.1, -0.05) is 6.08 Å². The van der Waals surface area contributed by atoms with Crippen molar-refractivity contribution in [3.8, 4) is 0 Å². The fourth-order valence-corrected chi connectivity index (χ4v) is 1.34. The molecule has 0 heterocycles. The summed E-state index contributed by atoms with van der Waals surface area (Å²) in [5.41, 5.74) is 4.84. The minimum atomic E-state index is -0.957. The number of rotatable bonds is 5. The third-order valence-corrected chi connectivity index (χ3v) is 2.18. The minimum absolute atomic E-state index is 0.138. The van der Waals surface area contributed by atoms with E-state index >= 15 is 0 Å². The van der Waals surface area contributed by atoms with Crippen molar-refractivity contribution in [2.75, 3.05) is 0 Å². The highest BCUT2D eigenvalue weighted by Gasteiger charge is 2.18. The molecule has 0 aliphatic carbocycles. The molecule has 0 aliphatic heterocycles. The number of halogens is 2. The van der Waals surface area contributed by atoms with Crippen LogP contribution in [-0.4, -0.2) is 17.9 Å². The van der Waals surface area contributed by atoms with Crippen molar-refractivity contribution in [2.45, 2.75) is 12.5 Å². The molecule has 6 heteroatoms. The predicted octanol–water partition coefficient (Wildman–Crippen LogP) is 1.12. The summed E-state index contributed by atoms with van der Waals surface area (Å²) in [4.78, 5) is 22.7. The van der Waals surface area contributed by atoms with E-state index in [1.807, 2.05) is 0 Å². The van der Waals surface area contributed by atoms with Crippen molar-refractivity contribution in [3.05, 3.63) is 48.1 Å². The predicted molar refractivity (Wildman–Crippen MR) is 61.6 cm³/mol. The van der Waals surface area contributed by atoms with Gasteiger partial charge < -0.3 is 11.1 Å². The fraction of sp³-hybridized carbons (Fsp3) is 0.167. The molecule has 0 saturated heterocycles. The zero-order chi connectivity index (χ0) is 13.7. The van der Waals surface area contributed by atoms with Crippen LogP contribution in [0.25, 0.3) is 0 Å². The summed E-state index contributed by atoms with van der Waals surface area (Å²) in [6, 6.07) is 1.42. The number of benzene rings is 1. The Morgan fingerprint density at radius 1 is 1.33 bits per heavy atom. The second-order valence-corrected chi connectivity index (χ2v) is 3.61. The summed E-state index contributed by atoms with van der Waals surface area (Å²) < 4.78 is 25.8. The molecule has 0 unspecified atom stereocenters. The van der Waals surface area contributed by atoms with Gasteiger partial charge in [-0.15, -0.1) is 6.58 Å². The number of nitrogens with one attached hydrogen (secondary N) is 1. The molecule has 0 aliphatic rings. The molecule has 3 N–H and O–H groups in total. The number of amides is 2. The van der Waals surface area contributed by atoms with E-state index in [2.05, 4.69) is 11.9 Å². The smallest absolute Gasteiger partial charge is 0.252 e. The lowest BCUT2D eigenvalue weighted by Crippen LogP contribution is -2.44. The topological polar surface area (TPSA) is 72.2 Å². The van der Waals surface area contributed by atoms with E-state index in [0.717, 1.165) is 12.1 Å². The van der Waals surface area contributed by atoms with Crippen LogP contribution in [-0.2, 0) is 4.79 Å². The Morgan fingerprint density at radius 3 is 2.33 bits per heavy atom. The first kappa shape index (κ1) is 13.8. The zero-order valence-electron chi connectivity index (χ0n) is 9.45. The second-order valence-electron chi connectivity index (χ2n) is 3.61. The molecule has 0 radical (unpaired) electrons. The standard InChI is InChI=1S/C12H12F2N2O2/c1-2-3-10(11(15)17)16-12(18)7-4-8(13)6-9(14)5-7/h2,4-6,10H,1,3H2,(H2,15,17)(H,16,18)/t10-/m0/s1. The summed E-state index contributed by atoms with van der Waals surface area (Å²) >= 11 is 0. The van der Waals surface area contributed by atoms with E-state index in [0.29, 0.717) is 6.07 Å². The van der Waals surface area contributed by atoms with E-state index in [9.17, 15) is 18.4 Å². The van der Waals surface area contributed by atoms with Crippen LogP contribution in [0.5, 0.6) is 0 Å². The van der Waals surface area contributed by atoms with Gasteiger partial charge in [0.1, 0.15) is 17.7 Å². The lowest BCUT2D eigenvalue weighted by Gasteiger charge is -2.13. The Bertz CT molecular complexity index is 469. The highest BCUT2D eigenvalue weighted by Crippen LogP contribution is 2.08. The number of carbonyl (C=O) groups excluding carboxylic acids is 2. The highest BCUT2D eigenvalue weighted by molar-refractivity contribution is 5.97. The first-order valence-electron chi connectivity index (χ1n) is 5.11. The first-order valence-corrected chi connectivity index (χ1v) is 5.11. The van der Waals surface area contributed by atoms with E-state index in [1.165, 1.54) is 6.08 Å². The third kappa shape index (κ3) is 3.65. The number of hydrogen-bond acceptors (Lipinski definition) is 2. The molecule has 0 spiro atoms. The average Bonchev–Trinajstić information content (AvgIpc) is 2.26. The SMILES string of the molecule is C=CC[C@H](NC(=O)c1cc(F)cc(F)c1)C(N)=O. The van der Waals surface area contributed by atoms with Crippen molar-refractivity contribution < 1.29 is 18.4 Å². The normalized spacial score (nSPS) is 11.7. The van der Waals surface area contributed by atoms with Crippen LogP contribution in [0.3, 0.4) is 0 Å². The number of hydrogen-bond donors (Lipinski definition) is 2. The number of primary amides is 1. The second kappa shape index (κ2) is 5.90. The van der Waals surface area contributed by atoms with E-state index in [1.54, 1.807) is 0 Å². The molecular weight excluding hydrogens is 242 g/mol. The summed E-state index contributed by atoms with van der Waals surface area (Å²) in [5.74, 6) is -3.28. The van der Waals surface area contributed by atoms with Crippen LogP contribution in [0.15, 0.2) is 30.9 Å². The fourth-order valence-electron chi connectivity index (χ4n) is 1.34. The molecule has 0 fully saturated rings. The van der Waals surface area contributed by atoms with Gasteiger partial charge in [-0.05, 0) is 18.6 Å². The Hall–Kier alpha value is -2.24. The Labute approximate surface area is 102 Å². The van der Waals surface area contributed by atoms with Gasteiger partial charge >= 0.3 is 0 Å². The molecule has 4 nitrogen and oxygen atoms in total. The van der Waals surface area contributed by atoms with Gasteiger partial charge in [-0.2, -0.15) is 0 Å². The molecule has 1 rings (SSSR count). The molecule has 1 atom stereocenters. The van der Waals surface area contributed by atoms with Crippen molar-refractivity contribution >= 4 is 11.8 Å². The summed E-state index contributed by atoms with van der Waals surface area (Å²) in [6.07, 6.45) is 1.54. The molecule has 18 heavy (non-hydrogen) atoms. The molecule has 1 aromatic carbocycles. The summed E-state index contributed by atoms with van der Waals surface area (Å²) in [7, 11) is 0. The van der Waals surface area contributed by atoms with Crippen LogP contribution in [0, 0.1) is 11.6 Å². The lowest BCUT2D eigenvalue weighted by molar-refractivity contribution is -0.119. The summed E-state index contributed by atoms with van der Waals surface area (Å²) in [6.45, 7) is 3.41. The van der Waals surface area contributed by atoms with Crippen LogP contribution in [0.1, 0.15) is 16.8 Å². The van der Waals surface area contributed by atoms with E-state index < -0.39 is 29.5 Å². The van der Waals surface area contributed by atoms with Crippen LogP contribution >= 0.6 is 0 Å². The van der Waals surface area contributed by atoms with Gasteiger partial charge in [0.15, 0.2) is 0 Å². The molecule has 0 bridgehead atoms. The Kier molecular flexibility index (Phi) is 4.53. The molecule has 2 amide bonds. The van der Waals surface area contributed by atoms with Gasteiger partial charge in [0.25, 0.3) is 5.91 Å². The van der Waals surface area contributed by atoms with Crippen LogP contribution in [0.2, 0.25) is 0 Å². The van der Waals surface area contributed by atoms with Crippen molar-refractivity contribution in [2.24, 2.45) is 5.73 Å². The quantitative estimate of drug-likeness (QED) is 0.773. The lowest BCUT2D eigenvalue weighted by atomic mass is 10.1. The van der Waals surface area contributed by atoms with Crippen LogP contribution < -0.4 is 11.1 Å². The maximum atomic E-state index is 12.9. The van der Waals surface area contributed by atoms with Gasteiger partial charge in [-0.3, -0.25) is 9.59 Å². The molecule has 0 aromatic heterocycles. The third-order valence-electron chi connectivity index (χ3n) is 2.18. The number of carbonyl (C=O) groups is 2. The van der Waals surface area contributed by atoms with E-state index in [4.69, 9.17) is 5.73 Å². The van der Waals surface area contributed by atoms with Gasteiger partial charge in [0.2, 0.25) is 5.91 Å². The van der Waals surface area contributed by atoms with Crippen LogP contribution in [0.4, 0.5) is 8.78 Å². The zero-order valence-corrected chi connectivity index (χ0v) is 9.45. The van der Waals surface area contributed by atoms with Gasteiger partial charge in [-0.25, -0.2) is 8.78 Å². The van der Waals surface area contributed by atoms with Crippen molar-refractivity contribution in [3.63, 3.8) is 0 Å². The molecule has 96 valence electrons. The maximum Gasteiger partial charge on any atom is 0.252 e. The van der Waals surface area contributed by atoms with E-state index in [-0.39, 0.29) is 12.0 Å². The van der Waals surface area contributed by atoms with Crippen molar-refractivity contribution in [1.82, 2.24) is 5.32 Å². The van der Waals surface area contributed by atoms with Crippen molar-refractivity contribution in [1.29, 1.82) is 0 Å². The first-order chi connectivity index (χ1) is 8.43. The molecular formula is C12H12F2N2O2. The molecule has 0 saturated carbocycles. The minimum Gasteiger partial charge on any atom is -0.368 e. The number of nitrogens with two attached hydrogens (primary N) is 1. The average molecular weight is 254 g/mol. The Morgan fingerprint density at radius 2 is 1.89 bits per heavy atom. The summed E-state index contributed by atoms with van der Waals surface area (Å²) in [5, 5.41) is 2.27. The van der Waals surface area contributed by atoms with Gasteiger partial charge in [0.05, 0.1) is 0 Å². The highest BCUT2D eigenvalue weighted by atomic mass is 19.1. The largest absolute Gasteiger partial charge is 0.368 e. The monoisotopic (exact) mass is 254 g/mol.